The van der Waals surface area contributed by atoms with Gasteiger partial charge in [-0.1, -0.05) is 18.2 Å². The topological polar surface area (TPSA) is 46.2 Å². The maximum Gasteiger partial charge on any atom is 0.251 e. The van der Waals surface area contributed by atoms with Gasteiger partial charge in [0, 0.05) is 18.5 Å². The van der Waals surface area contributed by atoms with E-state index < -0.39 is 0 Å². The third-order valence-electron chi connectivity index (χ3n) is 2.36. The summed E-state index contributed by atoms with van der Waals surface area (Å²) in [6.07, 6.45) is 4.97. The number of hydrogen-bond donors (Lipinski definition) is 1. The van der Waals surface area contributed by atoms with Crippen molar-refractivity contribution in [2.45, 2.75) is 13.0 Å². The van der Waals surface area contributed by atoms with Crippen LogP contribution in [0, 0.1) is 0 Å². The molecular weight excluding hydrogens is 190 g/mol. The molecule has 76 valence electrons. The number of allylic oxidation sites excluding steroid dienone is 1. The molecule has 0 radical (unpaired) electrons. The Hall–Kier alpha value is -1.90. The van der Waals surface area contributed by atoms with Crippen LogP contribution < -0.4 is 5.32 Å². The van der Waals surface area contributed by atoms with E-state index in [4.69, 9.17) is 0 Å². The van der Waals surface area contributed by atoms with Gasteiger partial charge in [-0.15, -0.1) is 0 Å². The molecular formula is C12H11NO2. The summed E-state index contributed by atoms with van der Waals surface area (Å²) in [6, 6.07) is 5.66. The molecule has 0 aromatic heterocycles. The summed E-state index contributed by atoms with van der Waals surface area (Å²) in [5.41, 5.74) is 2.79. The molecule has 0 saturated heterocycles. The van der Waals surface area contributed by atoms with Crippen molar-refractivity contribution in [2.75, 3.05) is 0 Å². The lowest BCUT2D eigenvalue weighted by atomic mass is 10.1. The third kappa shape index (κ3) is 1.96. The van der Waals surface area contributed by atoms with Crippen LogP contribution in [0.5, 0.6) is 0 Å². The lowest BCUT2D eigenvalue weighted by molar-refractivity contribution is -0.107. The van der Waals surface area contributed by atoms with E-state index in [1.54, 1.807) is 6.08 Å². The first-order valence-corrected chi connectivity index (χ1v) is 4.82. The van der Waals surface area contributed by atoms with Gasteiger partial charge in [0.15, 0.2) is 0 Å². The number of nitrogens with one attached hydrogen (secondary N) is 1. The molecule has 0 spiro atoms. The molecule has 1 amide bonds. The third-order valence-corrected chi connectivity index (χ3v) is 2.36. The van der Waals surface area contributed by atoms with Crippen molar-refractivity contribution < 1.29 is 9.59 Å². The smallest absolute Gasteiger partial charge is 0.251 e. The Labute approximate surface area is 87.8 Å². The molecule has 15 heavy (non-hydrogen) atoms. The van der Waals surface area contributed by atoms with Gasteiger partial charge in [-0.3, -0.25) is 4.79 Å². The zero-order chi connectivity index (χ0) is 10.7. The van der Waals surface area contributed by atoms with E-state index in [9.17, 15) is 9.59 Å². The number of amides is 1. The molecule has 0 bridgehead atoms. The molecule has 0 unspecified atom stereocenters. The van der Waals surface area contributed by atoms with Crippen LogP contribution in [-0.4, -0.2) is 12.2 Å². The summed E-state index contributed by atoms with van der Waals surface area (Å²) in [6.45, 7) is 0.601. The van der Waals surface area contributed by atoms with Crippen molar-refractivity contribution in [3.63, 3.8) is 0 Å². The number of hydrogen-bond acceptors (Lipinski definition) is 2. The van der Waals surface area contributed by atoms with Crippen LogP contribution in [-0.2, 0) is 11.3 Å². The summed E-state index contributed by atoms with van der Waals surface area (Å²) >= 11 is 0. The quantitative estimate of drug-likeness (QED) is 0.754. The second-order valence-electron chi connectivity index (χ2n) is 3.40. The molecule has 2 rings (SSSR count). The average Bonchev–Trinajstić information content (AvgIpc) is 2.61. The minimum atomic E-state index is -0.00609. The van der Waals surface area contributed by atoms with Crippen molar-refractivity contribution in [1.82, 2.24) is 5.32 Å². The number of fused-ring (bicyclic) bond motifs is 1. The van der Waals surface area contributed by atoms with Crippen molar-refractivity contribution in [3.8, 4) is 0 Å². The Morgan fingerprint density at radius 2 is 2.27 bits per heavy atom. The Morgan fingerprint density at radius 1 is 1.40 bits per heavy atom. The highest BCUT2D eigenvalue weighted by Crippen LogP contribution is 2.17. The van der Waals surface area contributed by atoms with E-state index in [0.29, 0.717) is 13.0 Å². The number of benzene rings is 1. The van der Waals surface area contributed by atoms with E-state index in [2.05, 4.69) is 5.32 Å². The van der Waals surface area contributed by atoms with Gasteiger partial charge in [0.25, 0.3) is 5.91 Å². The van der Waals surface area contributed by atoms with Crippen LogP contribution >= 0.6 is 0 Å². The lowest BCUT2D eigenvalue weighted by Crippen LogP contribution is -2.12. The monoisotopic (exact) mass is 201 g/mol. The van der Waals surface area contributed by atoms with Crippen LogP contribution in [0.25, 0.3) is 6.08 Å². The van der Waals surface area contributed by atoms with Crippen LogP contribution in [0.3, 0.4) is 0 Å². The van der Waals surface area contributed by atoms with Gasteiger partial charge in [-0.25, -0.2) is 0 Å². The fraction of sp³-hybridized carbons (Fsp3) is 0.167. The normalized spacial score (nSPS) is 14.0. The fourth-order valence-electron chi connectivity index (χ4n) is 1.62. The molecule has 0 saturated carbocycles. The molecule has 0 fully saturated rings. The van der Waals surface area contributed by atoms with E-state index in [0.717, 1.165) is 23.0 Å². The summed E-state index contributed by atoms with van der Waals surface area (Å²) < 4.78 is 0. The SMILES string of the molecule is O=CCC=Cc1ccc2c(c1)CNC2=O. The summed E-state index contributed by atoms with van der Waals surface area (Å²) in [7, 11) is 0. The van der Waals surface area contributed by atoms with Crippen LogP contribution in [0.15, 0.2) is 24.3 Å². The van der Waals surface area contributed by atoms with Gasteiger partial charge < -0.3 is 10.1 Å². The van der Waals surface area contributed by atoms with Gasteiger partial charge in [0.2, 0.25) is 0 Å². The number of rotatable bonds is 3. The summed E-state index contributed by atoms with van der Waals surface area (Å²) in [5, 5.41) is 2.76. The molecule has 1 heterocycles. The van der Waals surface area contributed by atoms with Crippen LogP contribution in [0.1, 0.15) is 27.9 Å². The minimum Gasteiger partial charge on any atom is -0.348 e. The lowest BCUT2D eigenvalue weighted by Gasteiger charge is -1.97. The fourth-order valence-corrected chi connectivity index (χ4v) is 1.62. The molecule has 0 atom stereocenters. The highest BCUT2D eigenvalue weighted by molar-refractivity contribution is 5.98. The van der Waals surface area contributed by atoms with E-state index in [1.807, 2.05) is 24.3 Å². The van der Waals surface area contributed by atoms with Gasteiger partial charge in [-0.05, 0) is 23.3 Å². The van der Waals surface area contributed by atoms with Crippen LogP contribution in [0.4, 0.5) is 0 Å². The van der Waals surface area contributed by atoms with Gasteiger partial charge in [0.1, 0.15) is 6.29 Å². The zero-order valence-electron chi connectivity index (χ0n) is 8.19. The molecule has 1 aromatic rings. The molecule has 1 aliphatic heterocycles. The summed E-state index contributed by atoms with van der Waals surface area (Å²) in [5.74, 6) is -0.00609. The van der Waals surface area contributed by atoms with E-state index >= 15 is 0 Å². The number of aldehydes is 1. The highest BCUT2D eigenvalue weighted by atomic mass is 16.1. The highest BCUT2D eigenvalue weighted by Gasteiger charge is 2.17. The Bertz CT molecular complexity index is 435. The van der Waals surface area contributed by atoms with E-state index in [1.165, 1.54) is 0 Å². The first-order valence-electron chi connectivity index (χ1n) is 4.82. The first kappa shape index (κ1) is 9.65. The molecule has 1 N–H and O–H groups in total. The second kappa shape index (κ2) is 4.09. The molecule has 3 heteroatoms. The van der Waals surface area contributed by atoms with E-state index in [-0.39, 0.29) is 5.91 Å². The predicted octanol–water partition coefficient (Wildman–Crippen LogP) is 1.53. The van der Waals surface area contributed by atoms with Crippen molar-refractivity contribution >= 4 is 18.3 Å². The van der Waals surface area contributed by atoms with Crippen molar-refractivity contribution in [1.29, 1.82) is 0 Å². The van der Waals surface area contributed by atoms with Crippen LogP contribution in [0.2, 0.25) is 0 Å². The average molecular weight is 201 g/mol. The molecule has 0 aliphatic carbocycles. The number of carbonyl (C=O) groups excluding carboxylic acids is 2. The zero-order valence-corrected chi connectivity index (χ0v) is 8.19. The summed E-state index contributed by atoms with van der Waals surface area (Å²) in [4.78, 5) is 21.4. The maximum atomic E-state index is 11.3. The second-order valence-corrected chi connectivity index (χ2v) is 3.40. The molecule has 3 nitrogen and oxygen atoms in total. The minimum absolute atomic E-state index is 0.00609. The predicted molar refractivity (Wildman–Crippen MR) is 57.3 cm³/mol. The van der Waals surface area contributed by atoms with Gasteiger partial charge >= 0.3 is 0 Å². The van der Waals surface area contributed by atoms with Crippen molar-refractivity contribution in [2.24, 2.45) is 0 Å². The number of carbonyl (C=O) groups is 2. The van der Waals surface area contributed by atoms with Gasteiger partial charge in [0.05, 0.1) is 0 Å². The van der Waals surface area contributed by atoms with Gasteiger partial charge in [-0.2, -0.15) is 0 Å². The standard InChI is InChI=1S/C12H11NO2/c14-6-2-1-3-9-4-5-11-10(7-9)8-13-12(11)15/h1,3-7H,2,8H2,(H,13,15). The maximum absolute atomic E-state index is 11.3. The van der Waals surface area contributed by atoms with Crippen molar-refractivity contribution in [3.05, 3.63) is 41.0 Å². The largest absolute Gasteiger partial charge is 0.348 e. The Morgan fingerprint density at radius 3 is 3.07 bits per heavy atom. The molecule has 1 aromatic carbocycles. The Balaban J connectivity index is 2.23. The first-order chi connectivity index (χ1) is 7.31. The molecule has 1 aliphatic rings. The Kier molecular flexibility index (Phi) is 2.63.